The van der Waals surface area contributed by atoms with Crippen LogP contribution in [-0.4, -0.2) is 55.7 Å². The van der Waals surface area contributed by atoms with E-state index in [1.165, 1.54) is 4.90 Å². The number of fused-ring (bicyclic) bond motifs is 1. The van der Waals surface area contributed by atoms with Gasteiger partial charge in [-0.05, 0) is 11.6 Å². The number of pyridine rings is 1. The fourth-order valence-corrected chi connectivity index (χ4v) is 4.09. The highest BCUT2D eigenvalue weighted by Crippen LogP contribution is 2.55. The van der Waals surface area contributed by atoms with Crippen molar-refractivity contribution in [2.24, 2.45) is 11.8 Å². The Balaban J connectivity index is 1.77. The minimum Gasteiger partial charge on any atom is -0.481 e. The minimum atomic E-state index is -1.42. The molecule has 1 amide bonds. The number of carbonyl (C=O) groups is 3. The second-order valence-corrected chi connectivity index (χ2v) is 6.21. The quantitative estimate of drug-likeness (QED) is 0.740. The third-order valence-corrected chi connectivity index (χ3v) is 4.97. The molecule has 0 aliphatic carbocycles. The van der Waals surface area contributed by atoms with E-state index < -0.39 is 47.4 Å². The lowest BCUT2D eigenvalue weighted by molar-refractivity contribution is -0.153. The molecule has 24 heavy (non-hydrogen) atoms. The van der Waals surface area contributed by atoms with Gasteiger partial charge in [-0.2, -0.15) is 0 Å². The van der Waals surface area contributed by atoms with Crippen molar-refractivity contribution in [1.82, 2.24) is 9.88 Å². The van der Waals surface area contributed by atoms with Crippen LogP contribution in [0.4, 0.5) is 0 Å². The summed E-state index contributed by atoms with van der Waals surface area (Å²) in [7, 11) is 0. The van der Waals surface area contributed by atoms with Crippen LogP contribution in [-0.2, 0) is 25.7 Å². The van der Waals surface area contributed by atoms with E-state index >= 15 is 0 Å². The molecule has 8 heteroatoms. The van der Waals surface area contributed by atoms with Gasteiger partial charge in [-0.3, -0.25) is 14.6 Å². The molecule has 124 valence electrons. The number of amides is 1. The average Bonchev–Trinajstić information content (AvgIpc) is 3.16. The Bertz CT molecular complexity index is 763. The van der Waals surface area contributed by atoms with E-state index in [1.807, 2.05) is 0 Å². The fraction of sp³-hybridized carbons (Fsp3) is 0.375. The third kappa shape index (κ3) is 1.77. The van der Waals surface area contributed by atoms with Crippen LogP contribution >= 0.6 is 0 Å². The van der Waals surface area contributed by atoms with Crippen molar-refractivity contribution in [1.29, 1.82) is 0 Å². The normalized spacial score (nSPS) is 36.2. The van der Waals surface area contributed by atoms with Gasteiger partial charge in [0.15, 0.2) is 6.04 Å². The van der Waals surface area contributed by atoms with E-state index in [9.17, 15) is 24.6 Å². The third-order valence-electron chi connectivity index (χ3n) is 4.97. The van der Waals surface area contributed by atoms with Crippen molar-refractivity contribution in [2.75, 3.05) is 0 Å². The average molecular weight is 330 g/mol. The van der Waals surface area contributed by atoms with Gasteiger partial charge in [0.05, 0.1) is 12.0 Å². The molecule has 0 radical (unpaired) electrons. The van der Waals surface area contributed by atoms with Crippen molar-refractivity contribution in [3.05, 3.63) is 42.2 Å². The summed E-state index contributed by atoms with van der Waals surface area (Å²) in [5, 5.41) is 19.2. The molecule has 3 aliphatic heterocycles. The lowest BCUT2D eigenvalue weighted by Gasteiger charge is -2.29. The van der Waals surface area contributed by atoms with Crippen LogP contribution in [0.25, 0.3) is 0 Å². The molecule has 1 spiro atoms. The van der Waals surface area contributed by atoms with Crippen LogP contribution in [0, 0.1) is 11.8 Å². The van der Waals surface area contributed by atoms with E-state index in [1.54, 1.807) is 36.7 Å². The highest BCUT2D eigenvalue weighted by atomic mass is 16.5. The Labute approximate surface area is 136 Å². The monoisotopic (exact) mass is 330 g/mol. The van der Waals surface area contributed by atoms with Crippen molar-refractivity contribution >= 4 is 17.8 Å². The first-order valence-corrected chi connectivity index (χ1v) is 7.48. The van der Waals surface area contributed by atoms with Gasteiger partial charge in [0, 0.05) is 18.9 Å². The lowest BCUT2D eigenvalue weighted by Crippen LogP contribution is -2.50. The highest BCUT2D eigenvalue weighted by molar-refractivity contribution is 5.97. The SMILES string of the molecule is O=C(O)C1C2C=CC3(O2)C1C(=O)N(Cc1cccnc1)C3C(=O)O. The van der Waals surface area contributed by atoms with E-state index in [2.05, 4.69) is 4.98 Å². The molecule has 2 saturated heterocycles. The summed E-state index contributed by atoms with van der Waals surface area (Å²) in [5.41, 5.74) is -0.752. The molecule has 2 bridgehead atoms. The number of carbonyl (C=O) groups excluding carboxylic acids is 1. The predicted molar refractivity (Wildman–Crippen MR) is 77.6 cm³/mol. The predicted octanol–water partition coefficient (Wildman–Crippen LogP) is -0.0986. The van der Waals surface area contributed by atoms with Gasteiger partial charge in [0.1, 0.15) is 11.5 Å². The number of nitrogens with zero attached hydrogens (tertiary/aromatic N) is 2. The minimum absolute atomic E-state index is 0.0378. The largest absolute Gasteiger partial charge is 0.481 e. The second kappa shape index (κ2) is 4.88. The zero-order chi connectivity index (χ0) is 17.1. The number of carboxylic acids is 2. The molecule has 5 unspecified atom stereocenters. The molecular weight excluding hydrogens is 316 g/mol. The molecule has 5 atom stereocenters. The molecule has 4 rings (SSSR count). The van der Waals surface area contributed by atoms with Gasteiger partial charge in [-0.15, -0.1) is 0 Å². The van der Waals surface area contributed by atoms with Gasteiger partial charge in [0.25, 0.3) is 0 Å². The summed E-state index contributed by atoms with van der Waals surface area (Å²) in [6, 6.07) is 2.15. The van der Waals surface area contributed by atoms with E-state index in [0.717, 1.165) is 0 Å². The van der Waals surface area contributed by atoms with Crippen molar-refractivity contribution in [2.45, 2.75) is 24.3 Å². The molecule has 0 saturated carbocycles. The second-order valence-electron chi connectivity index (χ2n) is 6.21. The smallest absolute Gasteiger partial charge is 0.329 e. The fourth-order valence-electron chi connectivity index (χ4n) is 4.09. The van der Waals surface area contributed by atoms with Crippen LogP contribution in [0.2, 0.25) is 0 Å². The Hall–Kier alpha value is -2.74. The topological polar surface area (TPSA) is 117 Å². The highest BCUT2D eigenvalue weighted by Gasteiger charge is 2.73. The van der Waals surface area contributed by atoms with Gasteiger partial charge in [0.2, 0.25) is 5.91 Å². The Kier molecular flexibility index (Phi) is 3.01. The summed E-state index contributed by atoms with van der Waals surface area (Å²) >= 11 is 0. The van der Waals surface area contributed by atoms with E-state index in [0.29, 0.717) is 5.56 Å². The molecule has 1 aromatic heterocycles. The van der Waals surface area contributed by atoms with Crippen molar-refractivity contribution < 1.29 is 29.3 Å². The van der Waals surface area contributed by atoms with E-state index in [4.69, 9.17) is 4.74 Å². The number of likely N-dealkylation sites (tertiary alicyclic amines) is 1. The molecule has 3 aliphatic rings. The number of hydrogen-bond acceptors (Lipinski definition) is 5. The number of aliphatic carboxylic acids is 2. The Morgan fingerprint density at radius 2 is 2.12 bits per heavy atom. The molecular formula is C16H14N2O6. The summed E-state index contributed by atoms with van der Waals surface area (Å²) in [6.45, 7) is 0.0378. The summed E-state index contributed by atoms with van der Waals surface area (Å²) in [6.07, 6.45) is 5.44. The summed E-state index contributed by atoms with van der Waals surface area (Å²) in [5.74, 6) is -4.97. The molecule has 8 nitrogen and oxygen atoms in total. The number of hydrogen-bond donors (Lipinski definition) is 2. The maximum atomic E-state index is 12.9. The maximum Gasteiger partial charge on any atom is 0.329 e. The first kappa shape index (κ1) is 14.8. The summed E-state index contributed by atoms with van der Waals surface area (Å²) in [4.78, 5) is 41.5. The standard InChI is InChI=1S/C16H14N2O6/c19-13-11-10(14(20)21)9-3-4-16(11,24-9)12(15(22)23)18(13)7-8-2-1-5-17-6-8/h1-6,9-12H,7H2,(H,20,21)(H,22,23). The molecule has 2 fully saturated rings. The van der Waals surface area contributed by atoms with Crippen LogP contribution in [0.3, 0.4) is 0 Å². The zero-order valence-corrected chi connectivity index (χ0v) is 12.4. The molecule has 0 aromatic carbocycles. The van der Waals surface area contributed by atoms with Crippen molar-refractivity contribution in [3.8, 4) is 0 Å². The number of aromatic nitrogens is 1. The van der Waals surface area contributed by atoms with E-state index in [-0.39, 0.29) is 6.54 Å². The molecule has 4 heterocycles. The lowest BCUT2D eigenvalue weighted by atomic mass is 9.75. The van der Waals surface area contributed by atoms with Crippen LogP contribution in [0.1, 0.15) is 5.56 Å². The Morgan fingerprint density at radius 1 is 1.33 bits per heavy atom. The number of ether oxygens (including phenoxy) is 1. The van der Waals surface area contributed by atoms with Gasteiger partial charge in [-0.25, -0.2) is 4.79 Å². The van der Waals surface area contributed by atoms with Crippen LogP contribution in [0.15, 0.2) is 36.7 Å². The molecule has 2 N–H and O–H groups in total. The van der Waals surface area contributed by atoms with Crippen molar-refractivity contribution in [3.63, 3.8) is 0 Å². The first-order chi connectivity index (χ1) is 11.5. The van der Waals surface area contributed by atoms with Crippen LogP contribution < -0.4 is 0 Å². The van der Waals surface area contributed by atoms with Gasteiger partial charge >= 0.3 is 11.9 Å². The van der Waals surface area contributed by atoms with Crippen LogP contribution in [0.5, 0.6) is 0 Å². The number of carboxylic acid groups (broad SMARTS) is 2. The summed E-state index contributed by atoms with van der Waals surface area (Å²) < 4.78 is 5.72. The number of rotatable bonds is 4. The van der Waals surface area contributed by atoms with Gasteiger partial charge in [-0.1, -0.05) is 18.2 Å². The first-order valence-electron chi connectivity index (χ1n) is 7.48. The Morgan fingerprint density at radius 3 is 2.75 bits per heavy atom. The maximum absolute atomic E-state index is 12.9. The molecule has 1 aromatic rings. The zero-order valence-electron chi connectivity index (χ0n) is 12.4. The van der Waals surface area contributed by atoms with Gasteiger partial charge < -0.3 is 19.8 Å².